The third kappa shape index (κ3) is 3.95. The van der Waals surface area contributed by atoms with Gasteiger partial charge in [0.1, 0.15) is 12.4 Å². The van der Waals surface area contributed by atoms with Gasteiger partial charge in [0, 0.05) is 16.3 Å². The van der Waals surface area contributed by atoms with Gasteiger partial charge >= 0.3 is 5.97 Å². The fourth-order valence-electron chi connectivity index (χ4n) is 3.94. The van der Waals surface area contributed by atoms with Crippen molar-refractivity contribution in [3.63, 3.8) is 0 Å². The quantitative estimate of drug-likeness (QED) is 0.518. The maximum absolute atomic E-state index is 13.3. The molecule has 0 aliphatic carbocycles. The fourth-order valence-corrected chi connectivity index (χ4v) is 4.20. The van der Waals surface area contributed by atoms with Crippen LogP contribution in [0.3, 0.4) is 0 Å². The first-order valence-electron chi connectivity index (χ1n) is 10.3. The smallest absolute Gasteiger partial charge is 0.310 e. The fraction of sp³-hybridized carbons (Fsp3) is 0.200. The normalized spacial score (nSPS) is 16.0. The van der Waals surface area contributed by atoms with Crippen LogP contribution in [0, 0.1) is 0 Å². The Labute approximate surface area is 190 Å². The summed E-state index contributed by atoms with van der Waals surface area (Å²) in [5.41, 5.74) is 2.53. The summed E-state index contributed by atoms with van der Waals surface area (Å²) < 4.78 is 5.90. The number of rotatable bonds is 7. The molecule has 164 valence electrons. The lowest BCUT2D eigenvalue weighted by Gasteiger charge is -2.22. The number of carboxylic acid groups (broad SMARTS) is 1. The first kappa shape index (κ1) is 21.9. The molecule has 4 rings (SSSR count). The number of benzene rings is 3. The number of carboxylic acids is 1. The zero-order valence-corrected chi connectivity index (χ0v) is 18.1. The second-order valence-electron chi connectivity index (χ2n) is 7.55. The van der Waals surface area contributed by atoms with Gasteiger partial charge in [-0.3, -0.25) is 14.5 Å². The molecule has 2 N–H and O–H groups in total. The third-order valence-electron chi connectivity index (χ3n) is 5.61. The minimum absolute atomic E-state index is 0.224. The third-order valence-corrected chi connectivity index (χ3v) is 5.94. The molecule has 7 heteroatoms. The van der Waals surface area contributed by atoms with E-state index in [9.17, 15) is 19.8 Å². The first-order chi connectivity index (χ1) is 15.4. The van der Waals surface area contributed by atoms with Crippen LogP contribution in [0.25, 0.3) is 0 Å². The molecule has 0 saturated heterocycles. The van der Waals surface area contributed by atoms with Crippen molar-refractivity contribution in [2.24, 2.45) is 0 Å². The van der Waals surface area contributed by atoms with E-state index < -0.39 is 24.0 Å². The Morgan fingerprint density at radius 3 is 2.41 bits per heavy atom. The number of fused-ring (bicyclic) bond motifs is 1. The van der Waals surface area contributed by atoms with E-state index in [1.54, 1.807) is 43.3 Å². The molecule has 3 aromatic rings. The van der Waals surface area contributed by atoms with Crippen LogP contribution in [0.5, 0.6) is 5.75 Å². The van der Waals surface area contributed by atoms with E-state index >= 15 is 0 Å². The minimum Gasteiger partial charge on any atom is -0.488 e. The standard InChI is InChI=1S/C25H22ClNO5/c1-2-18(25(30)31)16-8-10-17(11-9-16)27-23(28)21-19(26)12-13-20(22(21)24(27)29)32-14-15-6-4-3-5-7-15/h3-13,18,23,28H,2,14H2,1H3,(H,30,31). The van der Waals surface area contributed by atoms with E-state index in [1.807, 2.05) is 30.3 Å². The van der Waals surface area contributed by atoms with Crippen molar-refractivity contribution < 1.29 is 24.5 Å². The van der Waals surface area contributed by atoms with E-state index in [0.717, 1.165) is 5.56 Å². The van der Waals surface area contributed by atoms with E-state index in [0.29, 0.717) is 29.0 Å². The van der Waals surface area contributed by atoms with Crippen LogP contribution in [-0.2, 0) is 11.4 Å². The Morgan fingerprint density at radius 2 is 1.78 bits per heavy atom. The average molecular weight is 452 g/mol. The van der Waals surface area contributed by atoms with Crippen molar-refractivity contribution in [1.29, 1.82) is 0 Å². The van der Waals surface area contributed by atoms with Gasteiger partial charge in [0.05, 0.1) is 11.5 Å². The number of aliphatic hydroxyl groups is 1. The number of anilines is 1. The zero-order chi connectivity index (χ0) is 22.8. The van der Waals surface area contributed by atoms with Gasteiger partial charge in [-0.1, -0.05) is 61.0 Å². The lowest BCUT2D eigenvalue weighted by Crippen LogP contribution is -2.27. The predicted molar refractivity (Wildman–Crippen MR) is 121 cm³/mol. The van der Waals surface area contributed by atoms with E-state index in [4.69, 9.17) is 16.3 Å². The Hall–Kier alpha value is -3.35. The van der Waals surface area contributed by atoms with Crippen molar-refractivity contribution in [3.8, 4) is 5.75 Å². The number of carbonyl (C=O) groups is 2. The zero-order valence-electron chi connectivity index (χ0n) is 17.4. The second kappa shape index (κ2) is 9.02. The second-order valence-corrected chi connectivity index (χ2v) is 7.96. The van der Waals surface area contributed by atoms with Crippen molar-refractivity contribution in [3.05, 3.63) is 94.0 Å². The molecule has 3 aromatic carbocycles. The topological polar surface area (TPSA) is 87.1 Å². The van der Waals surface area contributed by atoms with Gasteiger partial charge in [-0.25, -0.2) is 0 Å². The SMILES string of the molecule is CCC(C(=O)O)c1ccc(N2C(=O)c3c(OCc4ccccc4)ccc(Cl)c3C2O)cc1. The van der Waals surface area contributed by atoms with Crippen LogP contribution in [0.15, 0.2) is 66.7 Å². The molecule has 2 unspecified atom stereocenters. The van der Waals surface area contributed by atoms with Gasteiger partial charge in [0.2, 0.25) is 0 Å². The molecule has 0 bridgehead atoms. The van der Waals surface area contributed by atoms with E-state index in [-0.39, 0.29) is 17.2 Å². The lowest BCUT2D eigenvalue weighted by atomic mass is 9.96. The highest BCUT2D eigenvalue weighted by atomic mass is 35.5. The summed E-state index contributed by atoms with van der Waals surface area (Å²) in [5.74, 6) is -1.63. The van der Waals surface area contributed by atoms with Crippen LogP contribution < -0.4 is 9.64 Å². The minimum atomic E-state index is -1.28. The summed E-state index contributed by atoms with van der Waals surface area (Å²) in [7, 11) is 0. The molecule has 1 aliphatic rings. The van der Waals surface area contributed by atoms with Gasteiger partial charge in [-0.2, -0.15) is 0 Å². The summed E-state index contributed by atoms with van der Waals surface area (Å²) in [4.78, 5) is 26.0. The lowest BCUT2D eigenvalue weighted by molar-refractivity contribution is -0.138. The molecule has 0 spiro atoms. The van der Waals surface area contributed by atoms with Crippen LogP contribution in [0.4, 0.5) is 5.69 Å². The van der Waals surface area contributed by atoms with Gasteiger partial charge in [0.25, 0.3) is 5.91 Å². The van der Waals surface area contributed by atoms with E-state index in [1.165, 1.54) is 4.90 Å². The highest BCUT2D eigenvalue weighted by Gasteiger charge is 2.41. The Morgan fingerprint density at radius 1 is 1.09 bits per heavy atom. The van der Waals surface area contributed by atoms with Gasteiger partial charge in [0.15, 0.2) is 6.23 Å². The molecule has 2 atom stereocenters. The molecule has 6 nitrogen and oxygen atoms in total. The first-order valence-corrected chi connectivity index (χ1v) is 10.6. The molecule has 1 amide bonds. The highest BCUT2D eigenvalue weighted by molar-refractivity contribution is 6.33. The van der Waals surface area contributed by atoms with Crippen molar-refractivity contribution in [1.82, 2.24) is 0 Å². The largest absolute Gasteiger partial charge is 0.488 e. The Balaban J connectivity index is 1.64. The number of halogens is 1. The molecular weight excluding hydrogens is 430 g/mol. The number of amides is 1. The highest BCUT2D eigenvalue weighted by Crippen LogP contribution is 2.44. The van der Waals surface area contributed by atoms with Gasteiger partial charge < -0.3 is 14.9 Å². The molecule has 0 radical (unpaired) electrons. The average Bonchev–Trinajstić information content (AvgIpc) is 3.06. The molecule has 0 saturated carbocycles. The summed E-state index contributed by atoms with van der Waals surface area (Å²) in [5, 5.41) is 20.6. The number of hydrogen-bond donors (Lipinski definition) is 2. The number of aliphatic carboxylic acids is 1. The molecule has 1 heterocycles. The van der Waals surface area contributed by atoms with Crippen molar-refractivity contribution >= 4 is 29.2 Å². The van der Waals surface area contributed by atoms with Gasteiger partial charge in [-0.15, -0.1) is 0 Å². The monoisotopic (exact) mass is 451 g/mol. The Bertz CT molecular complexity index is 1150. The Kier molecular flexibility index (Phi) is 6.17. The predicted octanol–water partition coefficient (Wildman–Crippen LogP) is 5.15. The molecule has 32 heavy (non-hydrogen) atoms. The molecular formula is C25H22ClNO5. The number of carbonyl (C=O) groups excluding carboxylic acids is 1. The number of nitrogens with zero attached hydrogens (tertiary/aromatic N) is 1. The van der Waals surface area contributed by atoms with Crippen molar-refractivity contribution in [2.45, 2.75) is 32.1 Å². The van der Waals surface area contributed by atoms with Crippen LogP contribution in [0.1, 0.15) is 52.5 Å². The number of hydrogen-bond acceptors (Lipinski definition) is 4. The summed E-state index contributed by atoms with van der Waals surface area (Å²) in [6.45, 7) is 2.07. The molecule has 0 fully saturated rings. The maximum atomic E-state index is 13.3. The van der Waals surface area contributed by atoms with Crippen molar-refractivity contribution in [2.75, 3.05) is 4.90 Å². The van der Waals surface area contributed by atoms with Crippen LogP contribution in [-0.4, -0.2) is 22.1 Å². The summed E-state index contributed by atoms with van der Waals surface area (Å²) in [6.07, 6.45) is -0.832. The van der Waals surface area contributed by atoms with Gasteiger partial charge in [-0.05, 0) is 41.8 Å². The van der Waals surface area contributed by atoms with Crippen LogP contribution in [0.2, 0.25) is 5.02 Å². The van der Waals surface area contributed by atoms with E-state index in [2.05, 4.69) is 0 Å². The molecule has 0 aromatic heterocycles. The summed E-state index contributed by atoms with van der Waals surface area (Å²) >= 11 is 6.33. The van der Waals surface area contributed by atoms with Crippen LogP contribution >= 0.6 is 11.6 Å². The maximum Gasteiger partial charge on any atom is 0.310 e. The number of aliphatic hydroxyl groups excluding tert-OH is 1. The number of ether oxygens (including phenoxy) is 1. The summed E-state index contributed by atoms with van der Waals surface area (Å²) in [6, 6.07) is 19.4. The molecule has 1 aliphatic heterocycles.